The number of hydrogen-bond donors (Lipinski definition) is 1. The van der Waals surface area contributed by atoms with Crippen molar-refractivity contribution in [3.05, 3.63) is 70.2 Å². The minimum atomic E-state index is -0.611. The molecule has 0 aliphatic rings. The van der Waals surface area contributed by atoms with Gasteiger partial charge in [0.2, 0.25) is 0 Å². The van der Waals surface area contributed by atoms with Crippen molar-refractivity contribution < 1.29 is 23.6 Å². The second-order valence-electron chi connectivity index (χ2n) is 5.28. The molecular weight excluding hydrogens is 336 g/mol. The Balaban J connectivity index is 2.20. The van der Waals surface area contributed by atoms with Crippen LogP contribution < -0.4 is 5.32 Å². The third-order valence-corrected chi connectivity index (χ3v) is 4.01. The summed E-state index contributed by atoms with van der Waals surface area (Å²) in [6.45, 7) is 2.05. The number of carbonyl (C=O) groups excluding carboxylic acids is 1. The van der Waals surface area contributed by atoms with Gasteiger partial charge in [-0.05, 0) is 25.1 Å². The minimum absolute atomic E-state index is 0.0292. The van der Waals surface area contributed by atoms with Crippen LogP contribution >= 0.6 is 11.6 Å². The summed E-state index contributed by atoms with van der Waals surface area (Å²) in [5.74, 6) is -1.60. The number of hydrogen-bond acceptors (Lipinski definition) is 2. The molecular formula is C18H19ClF2NO2+. The van der Waals surface area contributed by atoms with Gasteiger partial charge < -0.3 is 10.1 Å². The van der Waals surface area contributed by atoms with Gasteiger partial charge in [-0.2, -0.15) is 0 Å². The molecule has 2 rings (SSSR count). The van der Waals surface area contributed by atoms with Gasteiger partial charge >= 0.3 is 5.97 Å². The molecule has 0 aromatic heterocycles. The molecule has 0 amide bonds. The number of rotatable bonds is 7. The number of quaternary nitrogens is 1. The highest BCUT2D eigenvalue weighted by atomic mass is 35.5. The first-order valence-electron chi connectivity index (χ1n) is 7.69. The topological polar surface area (TPSA) is 42.9 Å². The second-order valence-corrected chi connectivity index (χ2v) is 5.68. The third kappa shape index (κ3) is 4.76. The van der Waals surface area contributed by atoms with E-state index in [1.54, 1.807) is 36.5 Å². The maximum Gasteiger partial charge on any atom is 0.312 e. The number of ether oxygens (including phenoxy) is 1. The number of nitrogens with two attached hydrogens (primary N) is 1. The van der Waals surface area contributed by atoms with Crippen molar-refractivity contribution in [2.24, 2.45) is 0 Å². The molecule has 1 atom stereocenters. The molecule has 6 heteroatoms. The SMILES string of the molecule is CCOC(=O)CC([NH2+]Cc1c(F)cccc1F)c1ccccc1Cl. The van der Waals surface area contributed by atoms with E-state index in [0.29, 0.717) is 5.02 Å². The summed E-state index contributed by atoms with van der Waals surface area (Å²) in [6, 6.07) is 10.4. The number of halogens is 3. The molecule has 0 fully saturated rings. The van der Waals surface area contributed by atoms with Gasteiger partial charge in [0.25, 0.3) is 0 Å². The predicted molar refractivity (Wildman–Crippen MR) is 87.4 cm³/mol. The van der Waals surface area contributed by atoms with Crippen LogP contribution in [0.4, 0.5) is 8.78 Å². The van der Waals surface area contributed by atoms with E-state index in [0.717, 1.165) is 5.56 Å². The van der Waals surface area contributed by atoms with Crippen molar-refractivity contribution in [1.82, 2.24) is 0 Å². The molecule has 1 unspecified atom stereocenters. The summed E-state index contributed by atoms with van der Waals surface area (Å²) in [5.41, 5.74) is 0.697. The van der Waals surface area contributed by atoms with Gasteiger partial charge in [0, 0.05) is 10.6 Å². The first-order chi connectivity index (χ1) is 11.5. The van der Waals surface area contributed by atoms with E-state index >= 15 is 0 Å². The summed E-state index contributed by atoms with van der Waals surface area (Å²) in [7, 11) is 0. The fourth-order valence-corrected chi connectivity index (χ4v) is 2.76. The lowest BCUT2D eigenvalue weighted by atomic mass is 10.0. The van der Waals surface area contributed by atoms with Crippen molar-refractivity contribution in [1.29, 1.82) is 0 Å². The van der Waals surface area contributed by atoms with Crippen LogP contribution in [0.5, 0.6) is 0 Å². The molecule has 24 heavy (non-hydrogen) atoms. The van der Waals surface area contributed by atoms with Gasteiger partial charge in [-0.25, -0.2) is 8.78 Å². The van der Waals surface area contributed by atoms with Crippen molar-refractivity contribution in [3.8, 4) is 0 Å². The largest absolute Gasteiger partial charge is 0.466 e. The molecule has 128 valence electrons. The zero-order chi connectivity index (χ0) is 17.5. The zero-order valence-electron chi connectivity index (χ0n) is 13.3. The normalized spacial score (nSPS) is 12.0. The quantitative estimate of drug-likeness (QED) is 0.775. The Labute approximate surface area is 144 Å². The van der Waals surface area contributed by atoms with Crippen LogP contribution in [0, 0.1) is 11.6 Å². The highest BCUT2D eigenvalue weighted by Crippen LogP contribution is 2.23. The highest BCUT2D eigenvalue weighted by Gasteiger charge is 2.23. The highest BCUT2D eigenvalue weighted by molar-refractivity contribution is 6.31. The van der Waals surface area contributed by atoms with Gasteiger partial charge in [0.1, 0.15) is 30.6 Å². The third-order valence-electron chi connectivity index (χ3n) is 3.66. The van der Waals surface area contributed by atoms with E-state index in [9.17, 15) is 13.6 Å². The average Bonchev–Trinajstić information content (AvgIpc) is 2.54. The van der Waals surface area contributed by atoms with E-state index in [1.165, 1.54) is 18.2 Å². The van der Waals surface area contributed by atoms with Crippen molar-refractivity contribution in [2.75, 3.05) is 6.61 Å². The summed E-state index contributed by atoms with van der Waals surface area (Å²) < 4.78 is 32.6. The van der Waals surface area contributed by atoms with Crippen LogP contribution in [-0.2, 0) is 16.1 Å². The fourth-order valence-electron chi connectivity index (χ4n) is 2.48. The Morgan fingerprint density at radius 2 is 1.83 bits per heavy atom. The smallest absolute Gasteiger partial charge is 0.312 e. The Morgan fingerprint density at radius 1 is 1.17 bits per heavy atom. The zero-order valence-corrected chi connectivity index (χ0v) is 14.0. The molecule has 3 nitrogen and oxygen atoms in total. The monoisotopic (exact) mass is 354 g/mol. The molecule has 0 saturated heterocycles. The second kappa shape index (κ2) is 8.76. The Kier molecular flexibility index (Phi) is 6.70. The molecule has 0 bridgehead atoms. The average molecular weight is 355 g/mol. The van der Waals surface area contributed by atoms with E-state index in [2.05, 4.69) is 0 Å². The molecule has 0 spiro atoms. The summed E-state index contributed by atoms with van der Waals surface area (Å²) >= 11 is 6.20. The summed E-state index contributed by atoms with van der Waals surface area (Å²) in [5, 5.41) is 2.19. The molecule has 0 aliphatic carbocycles. The van der Waals surface area contributed by atoms with Crippen molar-refractivity contribution >= 4 is 17.6 Å². The molecule has 0 heterocycles. The van der Waals surface area contributed by atoms with E-state index in [1.807, 2.05) is 0 Å². The van der Waals surface area contributed by atoms with Crippen molar-refractivity contribution in [3.63, 3.8) is 0 Å². The van der Waals surface area contributed by atoms with Crippen LogP contribution in [0.25, 0.3) is 0 Å². The molecule has 0 radical (unpaired) electrons. The summed E-state index contributed by atoms with van der Waals surface area (Å²) in [4.78, 5) is 11.8. The van der Waals surface area contributed by atoms with Crippen LogP contribution in [0.3, 0.4) is 0 Å². The van der Waals surface area contributed by atoms with Gasteiger partial charge in [0.15, 0.2) is 0 Å². The number of benzene rings is 2. The van der Waals surface area contributed by atoms with Gasteiger partial charge in [-0.1, -0.05) is 35.9 Å². The number of esters is 1. The van der Waals surface area contributed by atoms with E-state index < -0.39 is 17.7 Å². The lowest BCUT2D eigenvalue weighted by Gasteiger charge is -2.17. The number of carbonyl (C=O) groups is 1. The Bertz CT molecular complexity index is 689. The maximum absolute atomic E-state index is 13.8. The van der Waals surface area contributed by atoms with Crippen LogP contribution in [0.15, 0.2) is 42.5 Å². The molecule has 2 N–H and O–H groups in total. The van der Waals surface area contributed by atoms with Crippen LogP contribution in [-0.4, -0.2) is 12.6 Å². The van der Waals surface area contributed by atoms with Crippen molar-refractivity contribution in [2.45, 2.75) is 25.9 Å². The molecule has 2 aromatic rings. The minimum Gasteiger partial charge on any atom is -0.466 e. The van der Waals surface area contributed by atoms with Gasteiger partial charge in [-0.3, -0.25) is 4.79 Å². The Morgan fingerprint density at radius 3 is 2.46 bits per heavy atom. The van der Waals surface area contributed by atoms with Gasteiger partial charge in [-0.15, -0.1) is 0 Å². The van der Waals surface area contributed by atoms with Crippen LogP contribution in [0.1, 0.15) is 30.5 Å². The summed E-state index contributed by atoms with van der Waals surface area (Å²) in [6.07, 6.45) is 0.0631. The van der Waals surface area contributed by atoms with Gasteiger partial charge in [0.05, 0.1) is 12.2 Å². The van der Waals surface area contributed by atoms with E-state index in [-0.39, 0.29) is 31.1 Å². The first kappa shape index (κ1) is 18.4. The molecule has 0 saturated carbocycles. The maximum atomic E-state index is 13.8. The lowest BCUT2D eigenvalue weighted by molar-refractivity contribution is -0.710. The standard InChI is InChI=1S/C18H18ClF2NO2/c1-2-24-18(23)10-17(12-6-3-4-7-14(12)19)22-11-13-15(20)8-5-9-16(13)21/h3-9,17,22H,2,10-11H2,1H3/p+1. The predicted octanol–water partition coefficient (Wildman–Crippen LogP) is 3.38. The first-order valence-corrected chi connectivity index (χ1v) is 8.07. The van der Waals surface area contributed by atoms with Crippen LogP contribution in [0.2, 0.25) is 5.02 Å². The van der Waals surface area contributed by atoms with E-state index in [4.69, 9.17) is 16.3 Å². The Hall–Kier alpha value is -1.98. The molecule has 2 aromatic carbocycles. The molecule has 0 aliphatic heterocycles. The fraction of sp³-hybridized carbons (Fsp3) is 0.278. The lowest BCUT2D eigenvalue weighted by Crippen LogP contribution is -2.84.